The van der Waals surface area contributed by atoms with Gasteiger partial charge in [-0.2, -0.15) is 5.26 Å². The summed E-state index contributed by atoms with van der Waals surface area (Å²) in [5.74, 6) is 0.725. The second-order valence-electron chi connectivity index (χ2n) is 7.58. The summed E-state index contributed by atoms with van der Waals surface area (Å²) in [5.41, 5.74) is 2.62. The van der Waals surface area contributed by atoms with Gasteiger partial charge < -0.3 is 15.1 Å². The number of hydrogen-bond donors (Lipinski definition) is 1. The molecule has 0 spiro atoms. The Morgan fingerprint density at radius 1 is 1.13 bits per heavy atom. The maximum Gasteiger partial charge on any atom is 0.255 e. The molecule has 2 aliphatic rings. The summed E-state index contributed by atoms with van der Waals surface area (Å²) in [6, 6.07) is 15.4. The average molecular weight is 435 g/mol. The third kappa shape index (κ3) is 4.72. The number of carbonyl (C=O) groups excluding carboxylic acids is 3. The van der Waals surface area contributed by atoms with E-state index in [0.29, 0.717) is 41.4 Å². The zero-order valence-corrected chi connectivity index (χ0v) is 17.7. The fraction of sp³-hybridized carbons (Fsp3) is 0.304. The highest BCUT2D eigenvalue weighted by molar-refractivity contribution is 7.99. The Bertz CT molecular complexity index is 1030. The van der Waals surface area contributed by atoms with E-state index in [9.17, 15) is 14.4 Å². The lowest BCUT2D eigenvalue weighted by molar-refractivity contribution is -0.128. The largest absolute Gasteiger partial charge is 0.338 e. The number of nitrogens with zero attached hydrogens (tertiary/aromatic N) is 3. The first-order valence-electron chi connectivity index (χ1n) is 10.1. The standard InChI is InChI=1S/C23H22N4O3S/c24-12-16-5-9-19(10-6-16)25-22(29)20-14-31-15-27(20)23(30)18-7-3-17(4-8-18)13-26-11-1-2-21(26)28/h3-10,20H,1-2,11,13-15H2,(H,25,29). The lowest BCUT2D eigenvalue weighted by Crippen LogP contribution is -2.44. The highest BCUT2D eigenvalue weighted by atomic mass is 32.2. The predicted molar refractivity (Wildman–Crippen MR) is 118 cm³/mol. The van der Waals surface area contributed by atoms with E-state index in [1.54, 1.807) is 41.3 Å². The van der Waals surface area contributed by atoms with Crippen molar-refractivity contribution in [3.8, 4) is 6.07 Å². The molecule has 0 aromatic heterocycles. The van der Waals surface area contributed by atoms with Gasteiger partial charge in [0.2, 0.25) is 11.8 Å². The van der Waals surface area contributed by atoms with Crippen molar-refractivity contribution in [3.05, 3.63) is 65.2 Å². The number of thioether (sulfide) groups is 1. The van der Waals surface area contributed by atoms with Crippen LogP contribution in [0.3, 0.4) is 0 Å². The molecule has 0 aliphatic carbocycles. The molecule has 0 bridgehead atoms. The quantitative estimate of drug-likeness (QED) is 0.781. The van der Waals surface area contributed by atoms with Crippen molar-refractivity contribution in [2.75, 3.05) is 23.5 Å². The summed E-state index contributed by atoms with van der Waals surface area (Å²) in [5, 5.41) is 11.7. The van der Waals surface area contributed by atoms with Crippen LogP contribution in [0, 0.1) is 11.3 Å². The Balaban J connectivity index is 1.40. The van der Waals surface area contributed by atoms with Gasteiger partial charge in [-0.05, 0) is 48.4 Å². The van der Waals surface area contributed by atoms with Crippen molar-refractivity contribution in [3.63, 3.8) is 0 Å². The molecule has 1 atom stereocenters. The SMILES string of the molecule is N#Cc1ccc(NC(=O)C2CSCN2C(=O)c2ccc(CN3CCCC3=O)cc2)cc1. The smallest absolute Gasteiger partial charge is 0.255 e. The fourth-order valence-electron chi connectivity index (χ4n) is 3.72. The van der Waals surface area contributed by atoms with Crippen LogP contribution in [0.5, 0.6) is 0 Å². The van der Waals surface area contributed by atoms with Crippen LogP contribution in [0.4, 0.5) is 5.69 Å². The van der Waals surface area contributed by atoms with Crippen molar-refractivity contribution < 1.29 is 14.4 Å². The first-order valence-corrected chi connectivity index (χ1v) is 11.3. The summed E-state index contributed by atoms with van der Waals surface area (Å²) >= 11 is 1.54. The number of likely N-dealkylation sites (tertiary alicyclic amines) is 1. The molecule has 2 saturated heterocycles. The predicted octanol–water partition coefficient (Wildman–Crippen LogP) is 2.83. The van der Waals surface area contributed by atoms with E-state index in [1.807, 2.05) is 23.1 Å². The lowest BCUT2D eigenvalue weighted by Gasteiger charge is -2.23. The molecule has 0 radical (unpaired) electrons. The van der Waals surface area contributed by atoms with Gasteiger partial charge in [0.1, 0.15) is 6.04 Å². The number of nitrogens with one attached hydrogen (secondary N) is 1. The molecular weight excluding hydrogens is 412 g/mol. The first-order chi connectivity index (χ1) is 15.0. The van der Waals surface area contributed by atoms with Gasteiger partial charge in [0, 0.05) is 36.5 Å². The molecular formula is C23H22N4O3S. The van der Waals surface area contributed by atoms with Crippen LogP contribution in [0.15, 0.2) is 48.5 Å². The third-order valence-electron chi connectivity index (χ3n) is 5.47. The van der Waals surface area contributed by atoms with Gasteiger partial charge in [-0.25, -0.2) is 0 Å². The second kappa shape index (κ2) is 9.23. The maximum atomic E-state index is 13.0. The van der Waals surface area contributed by atoms with Crippen molar-refractivity contribution in [2.24, 2.45) is 0 Å². The van der Waals surface area contributed by atoms with Crippen LogP contribution in [0.2, 0.25) is 0 Å². The van der Waals surface area contributed by atoms with Crippen LogP contribution in [0.1, 0.15) is 34.3 Å². The van der Waals surface area contributed by atoms with Gasteiger partial charge in [-0.3, -0.25) is 14.4 Å². The van der Waals surface area contributed by atoms with Gasteiger partial charge in [-0.1, -0.05) is 12.1 Å². The topological polar surface area (TPSA) is 93.5 Å². The molecule has 2 aromatic rings. The molecule has 3 amide bonds. The van der Waals surface area contributed by atoms with Gasteiger partial charge >= 0.3 is 0 Å². The Hall–Kier alpha value is -3.31. The summed E-state index contributed by atoms with van der Waals surface area (Å²) in [4.78, 5) is 41.0. The van der Waals surface area contributed by atoms with Gasteiger partial charge in [0.15, 0.2) is 0 Å². The van der Waals surface area contributed by atoms with Gasteiger partial charge in [-0.15, -0.1) is 11.8 Å². The molecule has 7 nitrogen and oxygen atoms in total. The Labute approximate surface area is 185 Å². The molecule has 2 aromatic carbocycles. The van der Waals surface area contributed by atoms with Gasteiger partial charge in [0.05, 0.1) is 17.5 Å². The molecule has 4 rings (SSSR count). The average Bonchev–Trinajstić information content (AvgIpc) is 3.44. The van der Waals surface area contributed by atoms with Crippen LogP contribution < -0.4 is 5.32 Å². The van der Waals surface area contributed by atoms with Crippen LogP contribution in [-0.2, 0) is 16.1 Å². The van der Waals surface area contributed by atoms with E-state index in [0.717, 1.165) is 18.5 Å². The molecule has 158 valence electrons. The van der Waals surface area contributed by atoms with Crippen LogP contribution in [-0.4, -0.2) is 51.7 Å². The maximum absolute atomic E-state index is 13.0. The summed E-state index contributed by atoms with van der Waals surface area (Å²) in [7, 11) is 0. The van der Waals surface area contributed by atoms with E-state index in [2.05, 4.69) is 5.32 Å². The van der Waals surface area contributed by atoms with Crippen molar-refractivity contribution in [1.29, 1.82) is 5.26 Å². The lowest BCUT2D eigenvalue weighted by atomic mass is 10.1. The minimum atomic E-state index is -0.560. The summed E-state index contributed by atoms with van der Waals surface area (Å²) in [6.07, 6.45) is 1.50. The minimum absolute atomic E-state index is 0.172. The Morgan fingerprint density at radius 3 is 2.52 bits per heavy atom. The van der Waals surface area contributed by atoms with E-state index < -0.39 is 6.04 Å². The minimum Gasteiger partial charge on any atom is -0.338 e. The molecule has 8 heteroatoms. The van der Waals surface area contributed by atoms with E-state index in [1.165, 1.54) is 11.8 Å². The Kier molecular flexibility index (Phi) is 6.23. The van der Waals surface area contributed by atoms with E-state index in [-0.39, 0.29) is 17.7 Å². The summed E-state index contributed by atoms with van der Waals surface area (Å²) in [6.45, 7) is 1.34. The second-order valence-corrected chi connectivity index (χ2v) is 8.58. The van der Waals surface area contributed by atoms with Crippen molar-refractivity contribution in [2.45, 2.75) is 25.4 Å². The van der Waals surface area contributed by atoms with Gasteiger partial charge in [0.25, 0.3) is 5.91 Å². The zero-order chi connectivity index (χ0) is 21.8. The number of hydrogen-bond acceptors (Lipinski definition) is 5. The number of benzene rings is 2. The molecule has 1 N–H and O–H groups in total. The number of anilines is 1. The van der Waals surface area contributed by atoms with Crippen molar-refractivity contribution in [1.82, 2.24) is 9.80 Å². The Morgan fingerprint density at radius 2 is 1.87 bits per heavy atom. The van der Waals surface area contributed by atoms with Crippen molar-refractivity contribution >= 4 is 35.2 Å². The first kappa shape index (κ1) is 20.9. The van der Waals surface area contributed by atoms with E-state index in [4.69, 9.17) is 5.26 Å². The number of nitriles is 1. The fourth-order valence-corrected chi connectivity index (χ4v) is 4.88. The molecule has 2 fully saturated rings. The highest BCUT2D eigenvalue weighted by Crippen LogP contribution is 2.25. The zero-order valence-electron chi connectivity index (χ0n) is 16.9. The van der Waals surface area contributed by atoms with Crippen LogP contribution in [0.25, 0.3) is 0 Å². The molecule has 2 aliphatic heterocycles. The third-order valence-corrected chi connectivity index (χ3v) is 6.49. The number of carbonyl (C=O) groups is 3. The molecule has 31 heavy (non-hydrogen) atoms. The molecule has 2 heterocycles. The van der Waals surface area contributed by atoms with Crippen LogP contribution >= 0.6 is 11.8 Å². The number of rotatable bonds is 5. The normalized spacial score (nSPS) is 18.2. The highest BCUT2D eigenvalue weighted by Gasteiger charge is 2.35. The molecule has 0 saturated carbocycles. The monoisotopic (exact) mass is 434 g/mol. The number of amides is 3. The molecule has 1 unspecified atom stereocenters. The van der Waals surface area contributed by atoms with E-state index >= 15 is 0 Å². The summed E-state index contributed by atoms with van der Waals surface area (Å²) < 4.78 is 0.